The van der Waals surface area contributed by atoms with Crippen molar-refractivity contribution in [1.82, 2.24) is 15.0 Å². The molecule has 2 heterocycles. The van der Waals surface area contributed by atoms with Crippen LogP contribution in [-0.4, -0.2) is 25.8 Å². The number of aromatic hydroxyl groups is 1. The predicted molar refractivity (Wildman–Crippen MR) is 120 cm³/mol. The second kappa shape index (κ2) is 7.72. The molecule has 3 N–H and O–H groups in total. The molecule has 0 saturated heterocycles. The molecule has 0 aliphatic heterocycles. The summed E-state index contributed by atoms with van der Waals surface area (Å²) in [5.41, 5.74) is 6.33. The fourth-order valence-electron chi connectivity index (χ4n) is 3.65. The first-order valence-corrected chi connectivity index (χ1v) is 9.78. The van der Waals surface area contributed by atoms with Crippen LogP contribution in [0.4, 0.5) is 5.69 Å². The number of hydrogen-bond donors (Lipinski definition) is 3. The lowest BCUT2D eigenvalue weighted by Gasteiger charge is -2.08. The van der Waals surface area contributed by atoms with Crippen molar-refractivity contribution in [2.45, 2.75) is 6.42 Å². The summed E-state index contributed by atoms with van der Waals surface area (Å²) in [6, 6.07) is 25.9. The van der Waals surface area contributed by atoms with E-state index in [1.54, 1.807) is 6.33 Å². The first-order chi connectivity index (χ1) is 14.8. The molecule has 0 saturated carbocycles. The molecule has 0 spiro atoms. The molecule has 0 atom stereocenters. The Morgan fingerprint density at radius 2 is 1.67 bits per heavy atom. The minimum absolute atomic E-state index is 0.120. The van der Waals surface area contributed by atoms with Crippen LogP contribution in [-0.2, 0) is 6.42 Å². The fraction of sp³-hybridized carbons (Fsp3) is 0.0400. The normalized spacial score (nSPS) is 11.8. The molecular weight excluding hydrogens is 372 g/mol. The predicted octanol–water partition coefficient (Wildman–Crippen LogP) is 5.36. The van der Waals surface area contributed by atoms with Gasteiger partial charge in [0.05, 0.1) is 23.3 Å². The highest BCUT2D eigenvalue weighted by molar-refractivity contribution is 6.21. The van der Waals surface area contributed by atoms with Gasteiger partial charge in [0.25, 0.3) is 0 Å². The zero-order chi connectivity index (χ0) is 20.3. The Morgan fingerprint density at radius 1 is 0.900 bits per heavy atom. The molecule has 2 aromatic heterocycles. The summed E-state index contributed by atoms with van der Waals surface area (Å²) in [6.45, 7) is 0. The average molecular weight is 392 g/mol. The summed E-state index contributed by atoms with van der Waals surface area (Å²) in [5, 5.41) is 11.6. The van der Waals surface area contributed by atoms with Crippen molar-refractivity contribution < 1.29 is 5.11 Å². The van der Waals surface area contributed by atoms with E-state index in [0.717, 1.165) is 40.0 Å². The van der Waals surface area contributed by atoms with Gasteiger partial charge in [0.2, 0.25) is 0 Å². The van der Waals surface area contributed by atoms with Crippen LogP contribution in [0.2, 0.25) is 0 Å². The molecule has 30 heavy (non-hydrogen) atoms. The Bertz CT molecular complexity index is 1300. The lowest BCUT2D eigenvalue weighted by molar-refractivity contribution is 0.457. The SMILES string of the molecule is Oc1[nH]c2ccccc2c1C(=Nc1ccc(Cc2cnc[nH]2)cc1)c1ccccc1. The maximum atomic E-state index is 10.7. The van der Waals surface area contributed by atoms with E-state index in [9.17, 15) is 5.11 Å². The second-order valence-corrected chi connectivity index (χ2v) is 7.14. The van der Waals surface area contributed by atoms with Gasteiger partial charge in [-0.25, -0.2) is 9.98 Å². The lowest BCUT2D eigenvalue weighted by Crippen LogP contribution is -2.02. The van der Waals surface area contributed by atoms with Crippen LogP contribution in [0.3, 0.4) is 0 Å². The van der Waals surface area contributed by atoms with E-state index in [-0.39, 0.29) is 5.88 Å². The Kier molecular flexibility index (Phi) is 4.62. The van der Waals surface area contributed by atoms with E-state index in [0.29, 0.717) is 5.56 Å². The van der Waals surface area contributed by atoms with Crippen molar-refractivity contribution in [2.75, 3.05) is 0 Å². The number of rotatable bonds is 5. The van der Waals surface area contributed by atoms with Crippen LogP contribution >= 0.6 is 0 Å². The molecule has 0 aliphatic rings. The number of para-hydroxylation sites is 1. The summed E-state index contributed by atoms with van der Waals surface area (Å²) < 4.78 is 0. The van der Waals surface area contributed by atoms with Crippen molar-refractivity contribution in [2.24, 2.45) is 4.99 Å². The number of nitrogens with one attached hydrogen (secondary N) is 2. The van der Waals surface area contributed by atoms with Gasteiger partial charge >= 0.3 is 0 Å². The van der Waals surface area contributed by atoms with Gasteiger partial charge in [-0.2, -0.15) is 0 Å². The van der Waals surface area contributed by atoms with Crippen molar-refractivity contribution in [3.05, 3.63) is 114 Å². The molecule has 0 bridgehead atoms. The highest BCUT2D eigenvalue weighted by atomic mass is 16.3. The summed E-state index contributed by atoms with van der Waals surface area (Å²) in [4.78, 5) is 15.2. The number of H-pyrrole nitrogens is 2. The molecule has 3 aromatic carbocycles. The van der Waals surface area contributed by atoms with Gasteiger partial charge in [0.1, 0.15) is 0 Å². The third kappa shape index (κ3) is 3.49. The van der Waals surface area contributed by atoms with Crippen LogP contribution in [0.1, 0.15) is 22.4 Å². The van der Waals surface area contributed by atoms with Gasteiger partial charge in [-0.1, -0.05) is 60.7 Å². The molecule has 5 heteroatoms. The average Bonchev–Trinajstić information content (AvgIpc) is 3.41. The second-order valence-electron chi connectivity index (χ2n) is 7.14. The maximum absolute atomic E-state index is 10.7. The van der Waals surface area contributed by atoms with E-state index in [1.807, 2.05) is 72.9 Å². The highest BCUT2D eigenvalue weighted by Gasteiger charge is 2.18. The van der Waals surface area contributed by atoms with Gasteiger partial charge in [-0.3, -0.25) is 0 Å². The summed E-state index contributed by atoms with van der Waals surface area (Å²) in [5.74, 6) is 0.120. The van der Waals surface area contributed by atoms with Gasteiger partial charge in [-0.15, -0.1) is 0 Å². The summed E-state index contributed by atoms with van der Waals surface area (Å²) >= 11 is 0. The van der Waals surface area contributed by atoms with Gasteiger partial charge in [0, 0.05) is 34.8 Å². The third-order valence-electron chi connectivity index (χ3n) is 5.10. The zero-order valence-electron chi connectivity index (χ0n) is 16.2. The largest absolute Gasteiger partial charge is 0.494 e. The maximum Gasteiger partial charge on any atom is 0.199 e. The number of hydrogen-bond acceptors (Lipinski definition) is 3. The number of imidazole rings is 1. The summed E-state index contributed by atoms with van der Waals surface area (Å²) in [6.07, 6.45) is 4.31. The number of nitrogens with zero attached hydrogens (tertiary/aromatic N) is 2. The number of aliphatic imine (C=N–C) groups is 1. The minimum Gasteiger partial charge on any atom is -0.494 e. The standard InChI is InChI=1S/C25H20N4O/c30-25-23(21-8-4-5-9-22(21)29-25)24(18-6-2-1-3-7-18)28-19-12-10-17(11-13-19)14-20-15-26-16-27-20/h1-13,15-16,29-30H,14H2,(H,26,27). The Hall–Kier alpha value is -4.12. The minimum atomic E-state index is 0.120. The Labute approximate surface area is 173 Å². The topological polar surface area (TPSA) is 77.1 Å². The van der Waals surface area contributed by atoms with Crippen LogP contribution in [0, 0.1) is 0 Å². The fourth-order valence-corrected chi connectivity index (χ4v) is 3.65. The molecular formula is C25H20N4O. The van der Waals surface area contributed by atoms with E-state index >= 15 is 0 Å². The molecule has 0 amide bonds. The van der Waals surface area contributed by atoms with Crippen LogP contribution < -0.4 is 0 Å². The molecule has 0 radical (unpaired) electrons. The van der Waals surface area contributed by atoms with E-state index in [1.165, 1.54) is 5.56 Å². The Morgan fingerprint density at radius 3 is 2.43 bits per heavy atom. The number of fused-ring (bicyclic) bond motifs is 1. The Balaban J connectivity index is 1.59. The number of aromatic nitrogens is 3. The first kappa shape index (κ1) is 17.9. The highest BCUT2D eigenvalue weighted by Crippen LogP contribution is 2.31. The molecule has 0 unspecified atom stereocenters. The molecule has 5 nitrogen and oxygen atoms in total. The van der Waals surface area contributed by atoms with Crippen LogP contribution in [0.25, 0.3) is 10.9 Å². The molecule has 0 aliphatic carbocycles. The van der Waals surface area contributed by atoms with Crippen LogP contribution in [0.5, 0.6) is 5.88 Å². The third-order valence-corrected chi connectivity index (χ3v) is 5.10. The molecule has 146 valence electrons. The molecule has 5 aromatic rings. The number of aromatic amines is 2. The molecule has 5 rings (SSSR count). The molecule has 0 fully saturated rings. The van der Waals surface area contributed by atoms with Gasteiger partial charge in [-0.05, 0) is 23.8 Å². The zero-order valence-corrected chi connectivity index (χ0v) is 16.2. The lowest BCUT2D eigenvalue weighted by atomic mass is 10.0. The monoisotopic (exact) mass is 392 g/mol. The number of benzene rings is 3. The van der Waals surface area contributed by atoms with Crippen molar-refractivity contribution >= 4 is 22.3 Å². The van der Waals surface area contributed by atoms with E-state index < -0.39 is 0 Å². The van der Waals surface area contributed by atoms with Gasteiger partial charge < -0.3 is 15.1 Å². The van der Waals surface area contributed by atoms with E-state index in [2.05, 4.69) is 27.1 Å². The summed E-state index contributed by atoms with van der Waals surface area (Å²) in [7, 11) is 0. The van der Waals surface area contributed by atoms with Crippen molar-refractivity contribution in [3.8, 4) is 5.88 Å². The smallest absolute Gasteiger partial charge is 0.199 e. The van der Waals surface area contributed by atoms with Crippen LogP contribution in [0.15, 0.2) is 96.4 Å². The van der Waals surface area contributed by atoms with E-state index in [4.69, 9.17) is 4.99 Å². The van der Waals surface area contributed by atoms with Gasteiger partial charge in [0.15, 0.2) is 5.88 Å². The quantitative estimate of drug-likeness (QED) is 0.352. The van der Waals surface area contributed by atoms with Crippen molar-refractivity contribution in [1.29, 1.82) is 0 Å². The van der Waals surface area contributed by atoms with Crippen molar-refractivity contribution in [3.63, 3.8) is 0 Å². The first-order valence-electron chi connectivity index (χ1n) is 9.78.